The number of halogens is 1. The summed E-state index contributed by atoms with van der Waals surface area (Å²) in [6.07, 6.45) is 2.72. The predicted octanol–water partition coefficient (Wildman–Crippen LogP) is 1.75. The zero-order valence-corrected chi connectivity index (χ0v) is 17.5. The molecule has 25 heavy (non-hydrogen) atoms. The summed E-state index contributed by atoms with van der Waals surface area (Å²) in [7, 11) is -5.27. The van der Waals surface area contributed by atoms with Gasteiger partial charge in [-0.1, -0.05) is 0 Å². The minimum Gasteiger partial charge on any atom is -0.319 e. The van der Waals surface area contributed by atoms with E-state index in [2.05, 4.69) is 5.32 Å². The Balaban J connectivity index is 0.00000312. The van der Waals surface area contributed by atoms with E-state index in [9.17, 15) is 16.8 Å². The summed E-state index contributed by atoms with van der Waals surface area (Å²) in [6, 6.07) is 3.10. The lowest BCUT2D eigenvalue weighted by Gasteiger charge is -2.31. The number of sulfone groups is 1. The minimum absolute atomic E-state index is 0. The molecule has 0 aliphatic carbocycles. The second-order valence-corrected chi connectivity index (χ2v) is 10.5. The van der Waals surface area contributed by atoms with Crippen molar-refractivity contribution in [3.05, 3.63) is 23.3 Å². The number of rotatable bonds is 5. The van der Waals surface area contributed by atoms with E-state index in [0.717, 1.165) is 25.6 Å². The van der Waals surface area contributed by atoms with Crippen molar-refractivity contribution in [1.82, 2.24) is 9.62 Å². The van der Waals surface area contributed by atoms with Crippen LogP contribution in [0.25, 0.3) is 0 Å². The molecular formula is C16H27ClN2O4S2. The minimum atomic E-state index is -3.69. The summed E-state index contributed by atoms with van der Waals surface area (Å²) in [4.78, 5) is 0.195. The fourth-order valence-electron chi connectivity index (χ4n) is 3.23. The Morgan fingerprint density at radius 2 is 1.60 bits per heavy atom. The number of nitrogens with zero attached hydrogens (tertiary/aromatic N) is 1. The zero-order chi connectivity index (χ0) is 18.1. The van der Waals surface area contributed by atoms with Crippen molar-refractivity contribution in [3.8, 4) is 0 Å². The van der Waals surface area contributed by atoms with Gasteiger partial charge in [-0.3, -0.25) is 0 Å². The molecule has 0 amide bonds. The summed E-state index contributed by atoms with van der Waals surface area (Å²) < 4.78 is 51.4. The number of nitrogens with one attached hydrogen (secondary N) is 1. The van der Waals surface area contributed by atoms with Gasteiger partial charge in [0.2, 0.25) is 10.0 Å². The lowest BCUT2D eigenvalue weighted by Crippen LogP contribution is -2.40. The second-order valence-electron chi connectivity index (χ2n) is 6.56. The molecule has 0 unspecified atom stereocenters. The molecule has 1 aliphatic rings. The van der Waals surface area contributed by atoms with Gasteiger partial charge in [-0.15, -0.1) is 12.4 Å². The smallest absolute Gasteiger partial charge is 0.243 e. The van der Waals surface area contributed by atoms with Crippen LogP contribution < -0.4 is 5.32 Å². The monoisotopic (exact) mass is 410 g/mol. The highest BCUT2D eigenvalue weighted by molar-refractivity contribution is 7.91. The Hall–Kier alpha value is -0.670. The van der Waals surface area contributed by atoms with E-state index in [0.29, 0.717) is 30.1 Å². The van der Waals surface area contributed by atoms with Gasteiger partial charge < -0.3 is 5.32 Å². The van der Waals surface area contributed by atoms with Crippen LogP contribution in [-0.2, 0) is 19.9 Å². The van der Waals surface area contributed by atoms with E-state index >= 15 is 0 Å². The molecule has 0 aromatic heterocycles. The van der Waals surface area contributed by atoms with E-state index in [4.69, 9.17) is 0 Å². The molecule has 1 saturated heterocycles. The van der Waals surface area contributed by atoms with Gasteiger partial charge in [0.1, 0.15) is 0 Å². The largest absolute Gasteiger partial charge is 0.319 e. The molecule has 6 nitrogen and oxygen atoms in total. The SMILES string of the molecule is CNCC1CCN(S(=O)(=O)c2cc(C)cc(S(C)(=O)=O)c2C)CC1.Cl. The molecule has 1 heterocycles. The highest BCUT2D eigenvalue weighted by Gasteiger charge is 2.31. The Kier molecular flexibility index (Phi) is 7.47. The molecule has 9 heteroatoms. The van der Waals surface area contributed by atoms with Gasteiger partial charge in [-0.05, 0) is 69.5 Å². The van der Waals surface area contributed by atoms with E-state index < -0.39 is 19.9 Å². The highest BCUT2D eigenvalue weighted by Crippen LogP contribution is 2.29. The number of sulfonamides is 1. The van der Waals surface area contributed by atoms with Crippen LogP contribution in [0.15, 0.2) is 21.9 Å². The van der Waals surface area contributed by atoms with E-state index in [1.807, 2.05) is 7.05 Å². The molecule has 0 atom stereocenters. The molecular weight excluding hydrogens is 384 g/mol. The average Bonchev–Trinajstić information content (AvgIpc) is 2.49. The van der Waals surface area contributed by atoms with Gasteiger partial charge in [0.15, 0.2) is 9.84 Å². The Bertz CT molecular complexity index is 815. The van der Waals surface area contributed by atoms with Crippen molar-refractivity contribution < 1.29 is 16.8 Å². The lowest BCUT2D eigenvalue weighted by atomic mass is 9.98. The van der Waals surface area contributed by atoms with E-state index in [1.165, 1.54) is 10.4 Å². The number of aryl methyl sites for hydroxylation is 1. The van der Waals surface area contributed by atoms with Crippen molar-refractivity contribution >= 4 is 32.3 Å². The Labute approximate surface area is 157 Å². The zero-order valence-electron chi connectivity index (χ0n) is 15.1. The van der Waals surface area contributed by atoms with Crippen molar-refractivity contribution in [3.63, 3.8) is 0 Å². The van der Waals surface area contributed by atoms with Gasteiger partial charge in [-0.2, -0.15) is 4.31 Å². The normalized spacial score (nSPS) is 17.3. The fourth-order valence-corrected chi connectivity index (χ4v) is 6.16. The number of benzene rings is 1. The van der Waals surface area contributed by atoms with Crippen molar-refractivity contribution in [2.45, 2.75) is 36.5 Å². The predicted molar refractivity (Wildman–Crippen MR) is 102 cm³/mol. The topological polar surface area (TPSA) is 83.6 Å². The van der Waals surface area contributed by atoms with Crippen molar-refractivity contribution in [1.29, 1.82) is 0 Å². The first-order valence-electron chi connectivity index (χ1n) is 8.03. The first kappa shape index (κ1) is 22.4. The maximum atomic E-state index is 13.0. The third-order valence-corrected chi connectivity index (χ3v) is 7.79. The number of hydrogen-bond acceptors (Lipinski definition) is 5. The van der Waals surface area contributed by atoms with Crippen LogP contribution in [0.2, 0.25) is 0 Å². The van der Waals surface area contributed by atoms with Crippen LogP contribution in [-0.4, -0.2) is 54.1 Å². The Morgan fingerprint density at radius 3 is 2.08 bits per heavy atom. The molecule has 144 valence electrons. The molecule has 0 bridgehead atoms. The number of piperidine rings is 1. The molecule has 1 aromatic carbocycles. The lowest BCUT2D eigenvalue weighted by molar-refractivity contribution is 0.270. The summed E-state index contributed by atoms with van der Waals surface area (Å²) >= 11 is 0. The molecule has 1 aliphatic heterocycles. The maximum absolute atomic E-state index is 13.0. The molecule has 0 saturated carbocycles. The molecule has 1 N–H and O–H groups in total. The van der Waals surface area contributed by atoms with Crippen LogP contribution in [0.3, 0.4) is 0 Å². The highest BCUT2D eigenvalue weighted by atomic mass is 35.5. The third kappa shape index (κ3) is 4.95. The molecule has 2 rings (SSSR count). The van der Waals surface area contributed by atoms with Crippen LogP contribution in [0.5, 0.6) is 0 Å². The van der Waals surface area contributed by atoms with Crippen molar-refractivity contribution in [2.24, 2.45) is 5.92 Å². The van der Waals surface area contributed by atoms with E-state index in [1.54, 1.807) is 19.9 Å². The molecule has 0 radical (unpaired) electrons. The third-order valence-electron chi connectivity index (χ3n) is 4.54. The number of hydrogen-bond donors (Lipinski definition) is 1. The van der Waals surface area contributed by atoms with E-state index in [-0.39, 0.29) is 22.2 Å². The van der Waals surface area contributed by atoms with Crippen LogP contribution in [0, 0.1) is 19.8 Å². The summed E-state index contributed by atoms with van der Waals surface area (Å²) in [6.45, 7) is 5.10. The quantitative estimate of drug-likeness (QED) is 0.799. The van der Waals surface area contributed by atoms with Gasteiger partial charge in [0, 0.05) is 19.3 Å². The van der Waals surface area contributed by atoms with Gasteiger partial charge in [0.25, 0.3) is 0 Å². The molecule has 1 fully saturated rings. The Morgan fingerprint density at radius 1 is 1.08 bits per heavy atom. The summed E-state index contributed by atoms with van der Waals surface area (Å²) in [5, 5.41) is 3.13. The fraction of sp³-hybridized carbons (Fsp3) is 0.625. The van der Waals surface area contributed by atoms with Gasteiger partial charge in [-0.25, -0.2) is 16.8 Å². The summed E-state index contributed by atoms with van der Waals surface area (Å²) in [5.74, 6) is 0.478. The average molecular weight is 411 g/mol. The second kappa shape index (κ2) is 8.35. The van der Waals surface area contributed by atoms with Crippen LogP contribution in [0.1, 0.15) is 24.0 Å². The first-order chi connectivity index (χ1) is 11.1. The standard InChI is InChI=1S/C16H26N2O4S2.ClH/c1-12-9-15(23(4,19)20)13(2)16(10-12)24(21,22)18-7-5-14(6-8-18)11-17-3;/h9-10,14,17H,5-8,11H2,1-4H3;1H. The maximum Gasteiger partial charge on any atom is 0.243 e. The van der Waals surface area contributed by atoms with Gasteiger partial charge in [0.05, 0.1) is 9.79 Å². The van der Waals surface area contributed by atoms with Crippen molar-refractivity contribution in [2.75, 3.05) is 32.9 Å². The van der Waals surface area contributed by atoms with Crippen LogP contribution >= 0.6 is 12.4 Å². The first-order valence-corrected chi connectivity index (χ1v) is 11.4. The molecule has 1 aromatic rings. The molecule has 0 spiro atoms. The summed E-state index contributed by atoms with van der Waals surface area (Å²) in [5.41, 5.74) is 0.935. The van der Waals surface area contributed by atoms with Gasteiger partial charge >= 0.3 is 0 Å². The van der Waals surface area contributed by atoms with Crippen LogP contribution in [0.4, 0.5) is 0 Å².